The Bertz CT molecular complexity index is 674. The molecular weight excluding hydrogens is 240 g/mol. The molecule has 0 saturated carbocycles. The summed E-state index contributed by atoms with van der Waals surface area (Å²) in [5.41, 5.74) is -0.695. The van der Waals surface area contributed by atoms with E-state index in [1.54, 1.807) is 0 Å². The van der Waals surface area contributed by atoms with Crippen molar-refractivity contribution < 1.29 is 30.0 Å². The van der Waals surface area contributed by atoms with E-state index >= 15 is 0 Å². The van der Waals surface area contributed by atoms with Gasteiger partial charge in [0, 0.05) is 5.39 Å². The standard InChI is InChI=1S/C12H8O6/c13-9-7(12(17)18)4-5-2-1-3-6(11(15)16)8(5)10(9)14/h1-4,13-14H,(H,15,16)(H,17,18). The number of aromatic hydroxyl groups is 2. The molecule has 0 radical (unpaired) electrons. The van der Waals surface area contributed by atoms with Crippen molar-refractivity contribution in [3.05, 3.63) is 35.4 Å². The number of carboxylic acids is 2. The zero-order valence-corrected chi connectivity index (χ0v) is 8.91. The maximum Gasteiger partial charge on any atom is 0.339 e. The van der Waals surface area contributed by atoms with E-state index in [0.717, 1.165) is 6.07 Å². The number of hydrogen-bond donors (Lipinski definition) is 4. The minimum atomic E-state index is -1.41. The number of phenolic OH excluding ortho intramolecular Hbond substituents is 1. The first-order valence-electron chi connectivity index (χ1n) is 4.87. The first kappa shape index (κ1) is 11.7. The number of carboxylic acid groups (broad SMARTS) is 2. The summed E-state index contributed by atoms with van der Waals surface area (Å²) >= 11 is 0. The van der Waals surface area contributed by atoms with Crippen molar-refractivity contribution >= 4 is 22.7 Å². The SMILES string of the molecule is O=C(O)c1cc2cccc(C(=O)O)c2c(O)c1O. The summed E-state index contributed by atoms with van der Waals surface area (Å²) < 4.78 is 0. The van der Waals surface area contributed by atoms with Gasteiger partial charge in [-0.2, -0.15) is 0 Å². The van der Waals surface area contributed by atoms with E-state index in [1.165, 1.54) is 18.2 Å². The monoisotopic (exact) mass is 248 g/mol. The predicted molar refractivity (Wildman–Crippen MR) is 61.2 cm³/mol. The van der Waals surface area contributed by atoms with E-state index in [-0.39, 0.29) is 16.3 Å². The van der Waals surface area contributed by atoms with E-state index in [4.69, 9.17) is 10.2 Å². The quantitative estimate of drug-likeness (QED) is 0.600. The van der Waals surface area contributed by atoms with Crippen LogP contribution >= 0.6 is 0 Å². The molecule has 0 bridgehead atoms. The van der Waals surface area contributed by atoms with E-state index in [9.17, 15) is 19.8 Å². The van der Waals surface area contributed by atoms with Crippen molar-refractivity contribution in [2.75, 3.05) is 0 Å². The second-order valence-electron chi connectivity index (χ2n) is 3.64. The number of hydrogen-bond acceptors (Lipinski definition) is 4. The number of aromatic carboxylic acids is 2. The number of phenols is 2. The second-order valence-corrected chi connectivity index (χ2v) is 3.64. The van der Waals surface area contributed by atoms with Gasteiger partial charge in [-0.15, -0.1) is 0 Å². The summed E-state index contributed by atoms with van der Waals surface area (Å²) in [6.07, 6.45) is 0. The third-order valence-corrected chi connectivity index (χ3v) is 2.57. The Balaban J connectivity index is 2.95. The molecule has 0 atom stereocenters. The lowest BCUT2D eigenvalue weighted by atomic mass is 10.00. The fourth-order valence-corrected chi connectivity index (χ4v) is 1.77. The van der Waals surface area contributed by atoms with Gasteiger partial charge in [0.25, 0.3) is 0 Å². The molecule has 0 saturated heterocycles. The van der Waals surface area contributed by atoms with Gasteiger partial charge in [-0.25, -0.2) is 9.59 Å². The highest BCUT2D eigenvalue weighted by Crippen LogP contribution is 2.38. The van der Waals surface area contributed by atoms with Crippen molar-refractivity contribution in [1.82, 2.24) is 0 Å². The normalized spacial score (nSPS) is 10.4. The predicted octanol–water partition coefficient (Wildman–Crippen LogP) is 1.65. The Labute approximate surface area is 100 Å². The number of fused-ring (bicyclic) bond motifs is 1. The van der Waals surface area contributed by atoms with Crippen LogP contribution < -0.4 is 0 Å². The molecule has 0 aliphatic heterocycles. The van der Waals surface area contributed by atoms with Crippen LogP contribution in [-0.2, 0) is 0 Å². The highest BCUT2D eigenvalue weighted by atomic mass is 16.4. The Morgan fingerprint density at radius 1 is 0.889 bits per heavy atom. The molecule has 0 heterocycles. The largest absolute Gasteiger partial charge is 0.504 e. The van der Waals surface area contributed by atoms with Crippen LogP contribution in [0.5, 0.6) is 11.5 Å². The molecular formula is C12H8O6. The zero-order chi connectivity index (χ0) is 13.4. The molecule has 4 N–H and O–H groups in total. The Morgan fingerprint density at radius 3 is 2.06 bits per heavy atom. The van der Waals surface area contributed by atoms with Gasteiger partial charge in [0.1, 0.15) is 5.56 Å². The van der Waals surface area contributed by atoms with Crippen molar-refractivity contribution in [3.8, 4) is 11.5 Å². The highest BCUT2D eigenvalue weighted by Gasteiger charge is 2.20. The smallest absolute Gasteiger partial charge is 0.339 e. The van der Waals surface area contributed by atoms with Gasteiger partial charge in [-0.05, 0) is 17.5 Å². The molecule has 2 aromatic carbocycles. The minimum Gasteiger partial charge on any atom is -0.504 e. The third kappa shape index (κ3) is 1.60. The van der Waals surface area contributed by atoms with Crippen molar-refractivity contribution in [3.63, 3.8) is 0 Å². The maximum absolute atomic E-state index is 11.0. The van der Waals surface area contributed by atoms with Crippen LogP contribution in [0.1, 0.15) is 20.7 Å². The van der Waals surface area contributed by atoms with Crippen molar-refractivity contribution in [2.45, 2.75) is 0 Å². The van der Waals surface area contributed by atoms with Crippen LogP contribution in [0.2, 0.25) is 0 Å². The van der Waals surface area contributed by atoms with E-state index in [0.29, 0.717) is 0 Å². The minimum absolute atomic E-state index is 0.0903. The third-order valence-electron chi connectivity index (χ3n) is 2.57. The van der Waals surface area contributed by atoms with Crippen molar-refractivity contribution in [2.24, 2.45) is 0 Å². The molecule has 6 heteroatoms. The molecule has 0 spiro atoms. The van der Waals surface area contributed by atoms with Gasteiger partial charge in [-0.3, -0.25) is 0 Å². The molecule has 92 valence electrons. The van der Waals surface area contributed by atoms with Crippen molar-refractivity contribution in [1.29, 1.82) is 0 Å². The highest BCUT2D eigenvalue weighted by molar-refractivity contribution is 6.10. The van der Waals surface area contributed by atoms with Crippen LogP contribution in [0.15, 0.2) is 24.3 Å². The van der Waals surface area contributed by atoms with Crippen LogP contribution in [0, 0.1) is 0 Å². The van der Waals surface area contributed by atoms with Crippen LogP contribution in [0.3, 0.4) is 0 Å². The molecule has 0 aliphatic rings. The lowest BCUT2D eigenvalue weighted by Crippen LogP contribution is -2.01. The molecule has 0 aromatic heterocycles. The van der Waals surface area contributed by atoms with Crippen LogP contribution in [-0.4, -0.2) is 32.4 Å². The van der Waals surface area contributed by atoms with Gasteiger partial charge in [0.2, 0.25) is 0 Å². The summed E-state index contributed by atoms with van der Waals surface area (Å²) in [5.74, 6) is -4.28. The Kier molecular flexibility index (Phi) is 2.55. The summed E-state index contributed by atoms with van der Waals surface area (Å²) in [7, 11) is 0. The topological polar surface area (TPSA) is 115 Å². The molecule has 2 aromatic rings. The van der Waals surface area contributed by atoms with Gasteiger partial charge in [0.15, 0.2) is 11.5 Å². The molecule has 0 aliphatic carbocycles. The molecule has 0 unspecified atom stereocenters. The zero-order valence-electron chi connectivity index (χ0n) is 8.91. The molecule has 0 fully saturated rings. The number of rotatable bonds is 2. The summed E-state index contributed by atoms with van der Waals surface area (Å²) in [5, 5.41) is 37.2. The first-order chi connectivity index (χ1) is 8.43. The molecule has 2 rings (SSSR count). The number of benzene rings is 2. The fourth-order valence-electron chi connectivity index (χ4n) is 1.77. The van der Waals surface area contributed by atoms with Gasteiger partial charge < -0.3 is 20.4 Å². The molecule has 0 amide bonds. The maximum atomic E-state index is 11.0. The van der Waals surface area contributed by atoms with Gasteiger partial charge in [-0.1, -0.05) is 12.1 Å². The van der Waals surface area contributed by atoms with E-state index in [1.807, 2.05) is 0 Å². The average molecular weight is 248 g/mol. The van der Waals surface area contributed by atoms with Crippen LogP contribution in [0.4, 0.5) is 0 Å². The fraction of sp³-hybridized carbons (Fsp3) is 0. The molecule has 6 nitrogen and oxygen atoms in total. The summed E-state index contributed by atoms with van der Waals surface area (Å²) in [4.78, 5) is 21.8. The number of carbonyl (C=O) groups is 2. The Hall–Kier alpha value is -2.76. The average Bonchev–Trinajstić information content (AvgIpc) is 2.32. The van der Waals surface area contributed by atoms with E-state index in [2.05, 4.69) is 0 Å². The molecule has 18 heavy (non-hydrogen) atoms. The Morgan fingerprint density at radius 2 is 1.50 bits per heavy atom. The summed E-state index contributed by atoms with van der Waals surface area (Å²) in [6.45, 7) is 0. The van der Waals surface area contributed by atoms with Gasteiger partial charge >= 0.3 is 11.9 Å². The lowest BCUT2D eigenvalue weighted by molar-refractivity contribution is 0.0686. The summed E-state index contributed by atoms with van der Waals surface area (Å²) in [6, 6.07) is 5.24. The lowest BCUT2D eigenvalue weighted by Gasteiger charge is -2.09. The van der Waals surface area contributed by atoms with Crippen LogP contribution in [0.25, 0.3) is 10.8 Å². The van der Waals surface area contributed by atoms with E-state index < -0.39 is 29.0 Å². The van der Waals surface area contributed by atoms with Gasteiger partial charge in [0.05, 0.1) is 5.56 Å². The first-order valence-corrected chi connectivity index (χ1v) is 4.87. The second kappa shape index (κ2) is 3.92.